The van der Waals surface area contributed by atoms with Crippen LogP contribution >= 0.6 is 0 Å². The van der Waals surface area contributed by atoms with Crippen molar-refractivity contribution in [1.82, 2.24) is 0 Å². The summed E-state index contributed by atoms with van der Waals surface area (Å²) < 4.78 is 0. The molecule has 1 aromatic rings. The Balaban J connectivity index is 0.00000529. The van der Waals surface area contributed by atoms with Gasteiger partial charge in [0.25, 0.3) is 0 Å². The van der Waals surface area contributed by atoms with E-state index in [-0.39, 0.29) is 18.9 Å². The predicted octanol–water partition coefficient (Wildman–Crippen LogP) is 5.11. The average Bonchev–Trinajstić information content (AvgIpc) is 2.59. The molecule has 0 saturated carbocycles. The molecule has 0 aliphatic heterocycles. The summed E-state index contributed by atoms with van der Waals surface area (Å²) in [5.41, 5.74) is 1.38. The fourth-order valence-corrected chi connectivity index (χ4v) is 3.20. The van der Waals surface area contributed by atoms with E-state index < -0.39 is 0 Å². The fraction of sp³-hybridized carbons (Fsp3) is 0.696. The van der Waals surface area contributed by atoms with Crippen LogP contribution in [0.2, 0.25) is 0 Å². The molecule has 0 atom stereocenters. The molecule has 0 unspecified atom stereocenters. The summed E-state index contributed by atoms with van der Waals surface area (Å²) >= 11 is 0. The van der Waals surface area contributed by atoms with E-state index in [1.165, 1.54) is 102 Å². The summed E-state index contributed by atoms with van der Waals surface area (Å²) in [6.07, 6.45) is 23.8. The minimum Gasteiger partial charge on any atom is -0.192 e. The maximum absolute atomic E-state index is 2.38. The Morgan fingerprint density at radius 2 is 1.00 bits per heavy atom. The number of rotatable bonds is 16. The van der Waals surface area contributed by atoms with E-state index in [1.807, 2.05) is 0 Å². The Bertz CT molecular complexity index is 333. The molecule has 0 saturated heterocycles. The molecule has 24 heavy (non-hydrogen) atoms. The number of benzene rings is 1. The van der Waals surface area contributed by atoms with Gasteiger partial charge in [-0.05, 0) is 0 Å². The van der Waals surface area contributed by atoms with Crippen molar-refractivity contribution in [3.8, 4) is 0 Å². The zero-order valence-electron chi connectivity index (χ0n) is 16.6. The van der Waals surface area contributed by atoms with Gasteiger partial charge in [0.05, 0.1) is 0 Å². The van der Waals surface area contributed by atoms with E-state index in [2.05, 4.69) is 43.7 Å². The summed E-state index contributed by atoms with van der Waals surface area (Å²) in [4.78, 5) is 0. The first kappa shape index (κ1) is 23.7. The zero-order valence-corrected chi connectivity index (χ0v) is 16.6. The minimum absolute atomic E-state index is 0. The molecular formula is C23H39Li. The maximum atomic E-state index is 2.38. The molecule has 1 aromatic carbocycles. The molecule has 1 rings (SSSR count). The number of hydrogen-bond donors (Lipinski definition) is 0. The molecule has 0 aliphatic carbocycles. The average molecular weight is 323 g/mol. The SMILES string of the molecule is CCCCCCCCCCCCCCCC[CH-]c1ccccc1.[Li+]. The van der Waals surface area contributed by atoms with Crippen molar-refractivity contribution >= 4 is 0 Å². The van der Waals surface area contributed by atoms with E-state index in [9.17, 15) is 0 Å². The molecule has 132 valence electrons. The van der Waals surface area contributed by atoms with Gasteiger partial charge in [0, 0.05) is 0 Å². The van der Waals surface area contributed by atoms with Crippen LogP contribution in [0.3, 0.4) is 0 Å². The van der Waals surface area contributed by atoms with Crippen molar-refractivity contribution < 1.29 is 18.9 Å². The third kappa shape index (κ3) is 15.2. The monoisotopic (exact) mass is 322 g/mol. The van der Waals surface area contributed by atoms with Crippen molar-refractivity contribution in [2.24, 2.45) is 0 Å². The standard InChI is InChI=1S/C23H39.Li/c1-2-3-4-5-6-7-8-9-10-11-12-13-14-15-17-20-23-21-18-16-19-22-23;/h16,18-22H,2-15,17H2,1H3;/q-1;+1. The van der Waals surface area contributed by atoms with Crippen LogP contribution in [0, 0.1) is 6.42 Å². The van der Waals surface area contributed by atoms with E-state index in [0.717, 1.165) is 0 Å². The summed E-state index contributed by atoms with van der Waals surface area (Å²) in [6, 6.07) is 10.7. The van der Waals surface area contributed by atoms with Gasteiger partial charge >= 0.3 is 18.9 Å². The third-order valence-electron chi connectivity index (χ3n) is 4.74. The number of unbranched alkanes of at least 4 members (excludes halogenated alkanes) is 14. The molecule has 1 heteroatoms. The molecule has 0 aromatic heterocycles. The minimum atomic E-state index is 0. The van der Waals surface area contributed by atoms with Gasteiger partial charge in [0.1, 0.15) is 0 Å². The van der Waals surface area contributed by atoms with Crippen LogP contribution in [0.15, 0.2) is 30.3 Å². The Kier molecular flexibility index (Phi) is 18.8. The van der Waals surface area contributed by atoms with Crippen molar-refractivity contribution in [2.75, 3.05) is 0 Å². The van der Waals surface area contributed by atoms with Gasteiger partial charge in [-0.1, -0.05) is 109 Å². The first-order chi connectivity index (χ1) is 11.4. The first-order valence-electron chi connectivity index (χ1n) is 10.3. The number of hydrogen-bond acceptors (Lipinski definition) is 0. The third-order valence-corrected chi connectivity index (χ3v) is 4.74. The Labute approximate surface area is 164 Å². The Morgan fingerprint density at radius 1 is 0.583 bits per heavy atom. The summed E-state index contributed by atoms with van der Waals surface area (Å²) in [7, 11) is 0. The normalized spacial score (nSPS) is 10.4. The van der Waals surface area contributed by atoms with E-state index in [1.54, 1.807) is 0 Å². The quantitative estimate of drug-likeness (QED) is 0.225. The Morgan fingerprint density at radius 3 is 1.46 bits per heavy atom. The first-order valence-corrected chi connectivity index (χ1v) is 10.3. The van der Waals surface area contributed by atoms with Crippen LogP contribution in [-0.2, 0) is 0 Å². The van der Waals surface area contributed by atoms with Gasteiger partial charge in [-0.3, -0.25) is 0 Å². The second-order valence-corrected chi connectivity index (χ2v) is 7.00. The van der Waals surface area contributed by atoms with Crippen LogP contribution in [-0.4, -0.2) is 0 Å². The van der Waals surface area contributed by atoms with Crippen molar-refractivity contribution in [3.63, 3.8) is 0 Å². The van der Waals surface area contributed by atoms with Crippen molar-refractivity contribution in [3.05, 3.63) is 42.3 Å². The molecular weight excluding hydrogens is 283 g/mol. The summed E-state index contributed by atoms with van der Waals surface area (Å²) in [5.74, 6) is 0. The van der Waals surface area contributed by atoms with Crippen molar-refractivity contribution in [1.29, 1.82) is 0 Å². The second kappa shape index (κ2) is 19.0. The molecule has 0 spiro atoms. The molecule has 0 fully saturated rings. The Hall–Kier alpha value is -0.313. The van der Waals surface area contributed by atoms with Gasteiger partial charge in [-0.2, -0.15) is 24.1 Å². The van der Waals surface area contributed by atoms with E-state index >= 15 is 0 Å². The van der Waals surface area contributed by atoms with Crippen LogP contribution in [0.4, 0.5) is 0 Å². The summed E-state index contributed by atoms with van der Waals surface area (Å²) in [6.45, 7) is 2.29. The van der Waals surface area contributed by atoms with Gasteiger partial charge in [0.15, 0.2) is 0 Å². The van der Waals surface area contributed by atoms with Crippen LogP contribution < -0.4 is 18.9 Å². The maximum Gasteiger partial charge on any atom is 1.00 e. The van der Waals surface area contributed by atoms with Crippen molar-refractivity contribution in [2.45, 2.75) is 103 Å². The van der Waals surface area contributed by atoms with Gasteiger partial charge < -0.3 is 0 Å². The predicted molar refractivity (Wildman–Crippen MR) is 105 cm³/mol. The zero-order chi connectivity index (χ0) is 16.4. The molecule has 0 aliphatic rings. The van der Waals surface area contributed by atoms with E-state index in [4.69, 9.17) is 0 Å². The smallest absolute Gasteiger partial charge is 0.192 e. The molecule has 0 heterocycles. The van der Waals surface area contributed by atoms with Crippen LogP contribution in [0.25, 0.3) is 0 Å². The molecule has 0 radical (unpaired) electrons. The van der Waals surface area contributed by atoms with Crippen LogP contribution in [0.1, 0.15) is 109 Å². The molecule has 0 bridgehead atoms. The molecule has 0 N–H and O–H groups in total. The molecule has 0 amide bonds. The van der Waals surface area contributed by atoms with Crippen LogP contribution in [0.5, 0.6) is 0 Å². The summed E-state index contributed by atoms with van der Waals surface area (Å²) in [5, 5.41) is 0. The fourth-order valence-electron chi connectivity index (χ4n) is 3.20. The topological polar surface area (TPSA) is 0 Å². The van der Waals surface area contributed by atoms with Gasteiger partial charge in [-0.15, -0.1) is 12.1 Å². The van der Waals surface area contributed by atoms with Gasteiger partial charge in [0.2, 0.25) is 0 Å². The van der Waals surface area contributed by atoms with Gasteiger partial charge in [-0.25, -0.2) is 0 Å². The second-order valence-electron chi connectivity index (χ2n) is 7.00. The largest absolute Gasteiger partial charge is 1.00 e. The van der Waals surface area contributed by atoms with E-state index in [0.29, 0.717) is 0 Å². The molecule has 0 nitrogen and oxygen atoms in total.